The average Bonchev–Trinajstić information content (AvgIpc) is 2.60. The van der Waals surface area contributed by atoms with Gasteiger partial charge >= 0.3 is 5.25 Å². The number of benzene rings is 1. The number of fused-ring (bicyclic) bond motifs is 1. The van der Waals surface area contributed by atoms with E-state index in [-0.39, 0.29) is 20.7 Å². The van der Waals surface area contributed by atoms with Crippen molar-refractivity contribution < 1.29 is 21.9 Å². The highest BCUT2D eigenvalue weighted by molar-refractivity contribution is 9.10. The number of aryl methyl sites for hydroxylation is 1. The van der Waals surface area contributed by atoms with Crippen LogP contribution in [0, 0.1) is 6.92 Å². The number of nitrogens with zero attached hydrogens (tertiary/aromatic N) is 1. The van der Waals surface area contributed by atoms with Crippen LogP contribution in [0.2, 0.25) is 0 Å². The molecule has 0 fully saturated rings. The van der Waals surface area contributed by atoms with Gasteiger partial charge in [0.25, 0.3) is 0 Å². The Hall–Kier alpha value is -1.54. The van der Waals surface area contributed by atoms with Gasteiger partial charge in [-0.2, -0.15) is 8.78 Å². The Morgan fingerprint density at radius 2 is 2.05 bits per heavy atom. The highest BCUT2D eigenvalue weighted by Gasteiger charge is 2.53. The minimum atomic E-state index is -4.63. The Labute approximate surface area is 134 Å². The van der Waals surface area contributed by atoms with Crippen molar-refractivity contribution in [2.24, 2.45) is 0 Å². The van der Waals surface area contributed by atoms with Crippen LogP contribution in [0.3, 0.4) is 0 Å². The molecule has 1 aliphatic rings. The molecule has 0 aliphatic carbocycles. The molecule has 0 saturated carbocycles. The van der Waals surface area contributed by atoms with Crippen molar-refractivity contribution in [3.05, 3.63) is 46.2 Å². The SMILES string of the molecule is Cc1cncc(Oc2ccc3c(c2Br)CC(F)(F)S3(=O)=O)c1. The number of sulfone groups is 1. The number of hydrogen-bond acceptors (Lipinski definition) is 4. The topological polar surface area (TPSA) is 56.3 Å². The summed E-state index contributed by atoms with van der Waals surface area (Å²) in [6, 6.07) is 4.23. The quantitative estimate of drug-likeness (QED) is 0.782. The number of halogens is 3. The summed E-state index contributed by atoms with van der Waals surface area (Å²) < 4.78 is 56.6. The van der Waals surface area contributed by atoms with Crippen LogP contribution >= 0.6 is 15.9 Å². The molecule has 0 amide bonds. The van der Waals surface area contributed by atoms with Crippen LogP contribution in [0.4, 0.5) is 8.78 Å². The summed E-state index contributed by atoms with van der Waals surface area (Å²) in [4.78, 5) is 3.61. The van der Waals surface area contributed by atoms with Crippen LogP contribution in [0.5, 0.6) is 11.5 Å². The molecule has 4 nitrogen and oxygen atoms in total. The molecule has 0 atom stereocenters. The lowest BCUT2D eigenvalue weighted by atomic mass is 10.1. The summed E-state index contributed by atoms with van der Waals surface area (Å²) in [6.07, 6.45) is 2.27. The van der Waals surface area contributed by atoms with Gasteiger partial charge in [-0.05, 0) is 52.2 Å². The van der Waals surface area contributed by atoms with Crippen LogP contribution in [-0.2, 0) is 16.3 Å². The molecule has 1 aromatic carbocycles. The average molecular weight is 390 g/mol. The van der Waals surface area contributed by atoms with E-state index >= 15 is 0 Å². The minimum Gasteiger partial charge on any atom is -0.455 e. The van der Waals surface area contributed by atoms with Crippen LogP contribution in [0.1, 0.15) is 11.1 Å². The maximum Gasteiger partial charge on any atom is 0.354 e. The first kappa shape index (κ1) is 15.4. The smallest absolute Gasteiger partial charge is 0.354 e. The molecule has 1 aromatic heterocycles. The van der Waals surface area contributed by atoms with Gasteiger partial charge in [0.05, 0.1) is 22.0 Å². The lowest BCUT2D eigenvalue weighted by Gasteiger charge is -2.10. The van der Waals surface area contributed by atoms with Gasteiger partial charge in [0, 0.05) is 6.20 Å². The lowest BCUT2D eigenvalue weighted by molar-refractivity contribution is 0.0981. The second kappa shape index (κ2) is 4.99. The molecule has 0 saturated heterocycles. The Kier molecular flexibility index (Phi) is 3.48. The van der Waals surface area contributed by atoms with E-state index in [4.69, 9.17) is 4.74 Å². The lowest BCUT2D eigenvalue weighted by Crippen LogP contribution is -2.24. The molecule has 8 heteroatoms. The highest BCUT2D eigenvalue weighted by Crippen LogP contribution is 2.47. The summed E-state index contributed by atoms with van der Waals surface area (Å²) in [5, 5.41) is -3.79. The molecular formula is C14H10BrF2NO3S. The molecule has 1 aliphatic heterocycles. The summed E-state index contributed by atoms with van der Waals surface area (Å²) in [5.74, 6) is 0.701. The second-order valence-electron chi connectivity index (χ2n) is 4.97. The van der Waals surface area contributed by atoms with Gasteiger partial charge in [-0.15, -0.1) is 0 Å². The standard InChI is InChI=1S/C14H10BrF2NO3S/c1-8-4-9(7-18-6-8)21-11-2-3-12-10(13(11)15)5-14(16,17)22(12,19)20/h2-4,6-7H,5H2,1H3. The van der Waals surface area contributed by atoms with Crippen LogP contribution in [-0.4, -0.2) is 18.7 Å². The molecule has 0 unspecified atom stereocenters. The first-order valence-electron chi connectivity index (χ1n) is 6.26. The molecule has 2 aromatic rings. The van der Waals surface area contributed by atoms with E-state index in [2.05, 4.69) is 20.9 Å². The third-order valence-electron chi connectivity index (χ3n) is 3.31. The Balaban J connectivity index is 2.05. The van der Waals surface area contributed by atoms with Gasteiger partial charge in [0.1, 0.15) is 11.5 Å². The summed E-state index contributed by atoms with van der Waals surface area (Å²) >= 11 is 3.17. The monoisotopic (exact) mass is 389 g/mol. The van der Waals surface area contributed by atoms with Crippen molar-refractivity contribution in [1.29, 1.82) is 0 Å². The second-order valence-corrected chi connectivity index (χ2v) is 7.81. The third-order valence-corrected chi connectivity index (χ3v) is 6.07. The number of hydrogen-bond donors (Lipinski definition) is 0. The first-order valence-corrected chi connectivity index (χ1v) is 8.53. The van der Waals surface area contributed by atoms with E-state index in [0.29, 0.717) is 5.75 Å². The molecule has 3 rings (SSSR count). The van der Waals surface area contributed by atoms with Crippen molar-refractivity contribution in [2.75, 3.05) is 0 Å². The largest absolute Gasteiger partial charge is 0.455 e. The maximum absolute atomic E-state index is 13.6. The van der Waals surface area contributed by atoms with Crippen molar-refractivity contribution in [1.82, 2.24) is 4.98 Å². The van der Waals surface area contributed by atoms with Gasteiger partial charge < -0.3 is 4.74 Å². The van der Waals surface area contributed by atoms with Crippen molar-refractivity contribution in [3.63, 3.8) is 0 Å². The highest BCUT2D eigenvalue weighted by atomic mass is 79.9. The van der Waals surface area contributed by atoms with E-state index in [1.807, 2.05) is 6.92 Å². The summed E-state index contributed by atoms with van der Waals surface area (Å²) in [6.45, 7) is 1.84. The molecule has 22 heavy (non-hydrogen) atoms. The Bertz CT molecular complexity index is 868. The maximum atomic E-state index is 13.6. The van der Waals surface area contributed by atoms with Crippen molar-refractivity contribution in [3.8, 4) is 11.5 Å². The summed E-state index contributed by atoms with van der Waals surface area (Å²) in [5.41, 5.74) is 0.909. The predicted molar refractivity (Wildman–Crippen MR) is 79.0 cm³/mol. The van der Waals surface area contributed by atoms with E-state index in [0.717, 1.165) is 11.6 Å². The molecular weight excluding hydrogens is 380 g/mol. The zero-order chi connectivity index (χ0) is 16.1. The van der Waals surface area contributed by atoms with Crippen LogP contribution in [0.15, 0.2) is 40.0 Å². The van der Waals surface area contributed by atoms with Gasteiger partial charge in [-0.1, -0.05) is 0 Å². The molecule has 0 N–H and O–H groups in total. The summed E-state index contributed by atoms with van der Waals surface area (Å²) in [7, 11) is -4.63. The fraction of sp³-hybridized carbons (Fsp3) is 0.214. The zero-order valence-electron chi connectivity index (χ0n) is 11.3. The Morgan fingerprint density at radius 3 is 2.73 bits per heavy atom. The van der Waals surface area contributed by atoms with Crippen LogP contribution in [0.25, 0.3) is 0 Å². The van der Waals surface area contributed by atoms with Crippen LogP contribution < -0.4 is 4.74 Å². The van der Waals surface area contributed by atoms with Crippen molar-refractivity contribution >= 4 is 25.8 Å². The fourth-order valence-corrected chi connectivity index (χ4v) is 4.35. The number of rotatable bonds is 2. The Morgan fingerprint density at radius 1 is 1.32 bits per heavy atom. The normalized spacial score (nSPS) is 18.0. The molecule has 2 heterocycles. The van der Waals surface area contributed by atoms with E-state index in [1.165, 1.54) is 12.3 Å². The van der Waals surface area contributed by atoms with Gasteiger partial charge in [0.15, 0.2) is 0 Å². The molecule has 0 bridgehead atoms. The predicted octanol–water partition coefficient (Wildman–Crippen LogP) is 3.87. The molecule has 116 valence electrons. The van der Waals surface area contributed by atoms with Gasteiger partial charge in [-0.25, -0.2) is 8.42 Å². The fourth-order valence-electron chi connectivity index (χ4n) is 2.25. The van der Waals surface area contributed by atoms with E-state index in [9.17, 15) is 17.2 Å². The molecule has 0 radical (unpaired) electrons. The van der Waals surface area contributed by atoms with E-state index in [1.54, 1.807) is 12.3 Å². The number of ether oxygens (including phenoxy) is 1. The zero-order valence-corrected chi connectivity index (χ0v) is 13.7. The van der Waals surface area contributed by atoms with Gasteiger partial charge in [0.2, 0.25) is 9.84 Å². The number of aromatic nitrogens is 1. The third kappa shape index (κ3) is 2.30. The number of pyridine rings is 1. The minimum absolute atomic E-state index is 0.0307. The molecule has 0 spiro atoms. The van der Waals surface area contributed by atoms with E-state index < -0.39 is 21.5 Å². The van der Waals surface area contributed by atoms with Gasteiger partial charge in [-0.3, -0.25) is 4.98 Å². The van der Waals surface area contributed by atoms with Crippen molar-refractivity contribution in [2.45, 2.75) is 23.5 Å². The first-order chi connectivity index (χ1) is 10.2. The number of alkyl halides is 2.